The Morgan fingerprint density at radius 3 is 2.83 bits per heavy atom. The molecule has 0 aliphatic heterocycles. The third-order valence-corrected chi connectivity index (χ3v) is 2.32. The number of nitrogens with one attached hydrogen (secondary N) is 1. The number of aromatic nitrogens is 1. The fourth-order valence-electron chi connectivity index (χ4n) is 1.41. The molecular weight excluding hydrogens is 230 g/mol. The van der Waals surface area contributed by atoms with Crippen molar-refractivity contribution in [2.75, 3.05) is 37.9 Å². The lowest BCUT2D eigenvalue weighted by Gasteiger charge is -2.10. The van der Waals surface area contributed by atoms with E-state index in [1.807, 2.05) is 0 Å². The van der Waals surface area contributed by atoms with Crippen LogP contribution in [-0.4, -0.2) is 31.9 Å². The molecule has 0 bridgehead atoms. The highest BCUT2D eigenvalue weighted by molar-refractivity contribution is 5.61. The molecule has 18 heavy (non-hydrogen) atoms. The smallest absolute Gasteiger partial charge is 0.215 e. The Morgan fingerprint density at radius 1 is 1.39 bits per heavy atom. The predicted molar refractivity (Wildman–Crippen MR) is 74.0 cm³/mol. The Hall–Kier alpha value is -1.49. The number of anilines is 2. The molecule has 102 valence electrons. The van der Waals surface area contributed by atoms with E-state index in [-0.39, 0.29) is 0 Å². The van der Waals surface area contributed by atoms with Crippen molar-refractivity contribution in [1.29, 1.82) is 0 Å². The monoisotopic (exact) mass is 253 g/mol. The lowest BCUT2D eigenvalue weighted by Crippen LogP contribution is -2.10. The van der Waals surface area contributed by atoms with Crippen LogP contribution < -0.4 is 15.8 Å². The fourth-order valence-corrected chi connectivity index (χ4v) is 1.41. The zero-order valence-electron chi connectivity index (χ0n) is 11.4. The number of nitrogen functional groups attached to an aromatic ring is 1. The summed E-state index contributed by atoms with van der Waals surface area (Å²) in [6, 6.07) is 3.52. The standard InChI is InChI=1S/C13H23N3O2/c1-10(2)9-18-8-4-7-15-13-11(14)5-6-12(16-13)17-3/h5-6,10H,4,7-9,14H2,1-3H3,(H,15,16). The minimum atomic E-state index is 0.558. The van der Waals surface area contributed by atoms with Crippen molar-refractivity contribution >= 4 is 11.5 Å². The average Bonchev–Trinajstić information content (AvgIpc) is 2.35. The molecule has 1 heterocycles. The number of pyridine rings is 1. The highest BCUT2D eigenvalue weighted by atomic mass is 16.5. The van der Waals surface area contributed by atoms with Crippen molar-refractivity contribution in [2.24, 2.45) is 5.92 Å². The first-order valence-electron chi connectivity index (χ1n) is 6.25. The van der Waals surface area contributed by atoms with Gasteiger partial charge in [0.1, 0.15) is 0 Å². The van der Waals surface area contributed by atoms with Gasteiger partial charge in [-0.2, -0.15) is 4.98 Å². The minimum Gasteiger partial charge on any atom is -0.481 e. The van der Waals surface area contributed by atoms with Crippen molar-refractivity contribution in [2.45, 2.75) is 20.3 Å². The first-order chi connectivity index (χ1) is 8.63. The lowest BCUT2D eigenvalue weighted by atomic mass is 10.2. The fraction of sp³-hybridized carbons (Fsp3) is 0.615. The van der Waals surface area contributed by atoms with E-state index in [0.29, 0.717) is 23.3 Å². The molecule has 0 radical (unpaired) electrons. The van der Waals surface area contributed by atoms with Gasteiger partial charge in [-0.3, -0.25) is 0 Å². The quantitative estimate of drug-likeness (QED) is 0.695. The molecule has 0 aliphatic rings. The first kappa shape index (κ1) is 14.6. The number of hydrogen-bond acceptors (Lipinski definition) is 5. The molecule has 0 saturated carbocycles. The highest BCUT2D eigenvalue weighted by Crippen LogP contribution is 2.19. The molecule has 0 fully saturated rings. The van der Waals surface area contributed by atoms with Crippen molar-refractivity contribution in [1.82, 2.24) is 4.98 Å². The lowest BCUT2D eigenvalue weighted by molar-refractivity contribution is 0.110. The van der Waals surface area contributed by atoms with Gasteiger partial charge in [-0.25, -0.2) is 0 Å². The van der Waals surface area contributed by atoms with E-state index in [0.717, 1.165) is 26.2 Å². The molecule has 0 unspecified atom stereocenters. The minimum absolute atomic E-state index is 0.558. The summed E-state index contributed by atoms with van der Waals surface area (Å²) >= 11 is 0. The van der Waals surface area contributed by atoms with E-state index in [1.54, 1.807) is 19.2 Å². The zero-order chi connectivity index (χ0) is 13.4. The van der Waals surface area contributed by atoms with Crippen LogP contribution >= 0.6 is 0 Å². The first-order valence-corrected chi connectivity index (χ1v) is 6.25. The molecule has 1 aromatic rings. The summed E-state index contributed by atoms with van der Waals surface area (Å²) in [6.07, 6.45) is 0.922. The van der Waals surface area contributed by atoms with Gasteiger partial charge in [0, 0.05) is 25.8 Å². The Balaban J connectivity index is 2.26. The molecule has 0 atom stereocenters. The van der Waals surface area contributed by atoms with Gasteiger partial charge in [-0.1, -0.05) is 13.8 Å². The summed E-state index contributed by atoms with van der Waals surface area (Å²) in [7, 11) is 1.59. The number of hydrogen-bond donors (Lipinski definition) is 2. The maximum absolute atomic E-state index is 5.81. The molecule has 0 amide bonds. The van der Waals surface area contributed by atoms with Crippen LogP contribution in [0.15, 0.2) is 12.1 Å². The molecule has 1 rings (SSSR count). The predicted octanol–water partition coefficient (Wildman–Crippen LogP) is 2.15. The van der Waals surface area contributed by atoms with Crippen LogP contribution in [0.25, 0.3) is 0 Å². The van der Waals surface area contributed by atoms with Crippen LogP contribution in [0.3, 0.4) is 0 Å². The van der Waals surface area contributed by atoms with E-state index in [9.17, 15) is 0 Å². The van der Waals surface area contributed by atoms with Gasteiger partial charge in [0.15, 0.2) is 5.82 Å². The van der Waals surface area contributed by atoms with Gasteiger partial charge in [0.25, 0.3) is 0 Å². The van der Waals surface area contributed by atoms with E-state index >= 15 is 0 Å². The maximum atomic E-state index is 5.81. The summed E-state index contributed by atoms with van der Waals surface area (Å²) in [5, 5.41) is 3.18. The summed E-state index contributed by atoms with van der Waals surface area (Å²) < 4.78 is 10.5. The second-order valence-corrected chi connectivity index (χ2v) is 4.54. The molecule has 0 aliphatic carbocycles. The van der Waals surface area contributed by atoms with Crippen LogP contribution in [0.5, 0.6) is 5.88 Å². The number of nitrogens with zero attached hydrogens (tertiary/aromatic N) is 1. The normalized spacial score (nSPS) is 10.7. The Labute approximate surface area is 109 Å². The van der Waals surface area contributed by atoms with Gasteiger partial charge in [0.2, 0.25) is 5.88 Å². The van der Waals surface area contributed by atoms with Crippen molar-refractivity contribution in [3.63, 3.8) is 0 Å². The van der Waals surface area contributed by atoms with Crippen LogP contribution in [0.4, 0.5) is 11.5 Å². The second-order valence-electron chi connectivity index (χ2n) is 4.54. The molecule has 3 N–H and O–H groups in total. The zero-order valence-corrected chi connectivity index (χ0v) is 11.4. The summed E-state index contributed by atoms with van der Waals surface area (Å²) in [4.78, 5) is 4.24. The number of ether oxygens (including phenoxy) is 2. The largest absolute Gasteiger partial charge is 0.481 e. The van der Waals surface area contributed by atoms with Gasteiger partial charge >= 0.3 is 0 Å². The molecule has 0 saturated heterocycles. The Bertz CT molecular complexity index is 356. The summed E-state index contributed by atoms with van der Waals surface area (Å²) in [5.41, 5.74) is 6.44. The Kier molecular flexibility index (Phi) is 6.28. The Morgan fingerprint density at radius 2 is 2.17 bits per heavy atom. The van der Waals surface area contributed by atoms with Crippen LogP contribution in [0, 0.1) is 5.92 Å². The van der Waals surface area contributed by atoms with E-state index in [2.05, 4.69) is 24.1 Å². The third-order valence-electron chi connectivity index (χ3n) is 2.32. The molecule has 1 aromatic heterocycles. The van der Waals surface area contributed by atoms with Gasteiger partial charge in [-0.05, 0) is 18.4 Å². The van der Waals surface area contributed by atoms with E-state index in [1.165, 1.54) is 0 Å². The van der Waals surface area contributed by atoms with E-state index < -0.39 is 0 Å². The molecular formula is C13H23N3O2. The summed E-state index contributed by atoms with van der Waals surface area (Å²) in [6.45, 7) is 6.61. The van der Waals surface area contributed by atoms with Gasteiger partial charge in [-0.15, -0.1) is 0 Å². The molecule has 5 nitrogen and oxygen atoms in total. The number of rotatable bonds is 8. The van der Waals surface area contributed by atoms with Gasteiger partial charge < -0.3 is 20.5 Å². The van der Waals surface area contributed by atoms with Crippen LogP contribution in [0.1, 0.15) is 20.3 Å². The molecule has 0 spiro atoms. The highest BCUT2D eigenvalue weighted by Gasteiger charge is 2.02. The number of methoxy groups -OCH3 is 1. The van der Waals surface area contributed by atoms with E-state index in [4.69, 9.17) is 15.2 Å². The second kappa shape index (κ2) is 7.76. The van der Waals surface area contributed by atoms with Crippen LogP contribution in [0.2, 0.25) is 0 Å². The summed E-state index contributed by atoms with van der Waals surface area (Å²) in [5.74, 6) is 1.80. The third kappa shape index (κ3) is 5.23. The van der Waals surface area contributed by atoms with Crippen molar-refractivity contribution in [3.05, 3.63) is 12.1 Å². The van der Waals surface area contributed by atoms with Crippen molar-refractivity contribution < 1.29 is 9.47 Å². The SMILES string of the molecule is COc1ccc(N)c(NCCCOCC(C)C)n1. The van der Waals surface area contributed by atoms with Gasteiger partial charge in [0.05, 0.1) is 12.8 Å². The maximum Gasteiger partial charge on any atom is 0.215 e. The van der Waals surface area contributed by atoms with Crippen molar-refractivity contribution in [3.8, 4) is 5.88 Å². The topological polar surface area (TPSA) is 69.4 Å². The average molecular weight is 253 g/mol. The molecule has 5 heteroatoms. The molecule has 0 aromatic carbocycles. The van der Waals surface area contributed by atoms with Crippen LogP contribution in [-0.2, 0) is 4.74 Å². The number of nitrogens with two attached hydrogens (primary N) is 1.